The highest BCUT2D eigenvalue weighted by molar-refractivity contribution is 6.21. The molecule has 19 heavy (non-hydrogen) atoms. The van der Waals surface area contributed by atoms with E-state index in [1.54, 1.807) is 0 Å². The minimum absolute atomic E-state index is 0.0970. The molecule has 0 fully saturated rings. The van der Waals surface area contributed by atoms with Crippen molar-refractivity contribution in [2.24, 2.45) is 18.4 Å². The van der Waals surface area contributed by atoms with Gasteiger partial charge in [-0.2, -0.15) is 5.10 Å². The average molecular weight is 299 g/mol. The third-order valence-electron chi connectivity index (χ3n) is 4.11. The van der Waals surface area contributed by atoms with Crippen LogP contribution in [-0.2, 0) is 13.5 Å². The zero-order valence-corrected chi connectivity index (χ0v) is 13.2. The van der Waals surface area contributed by atoms with E-state index in [2.05, 4.69) is 31.1 Å². The van der Waals surface area contributed by atoms with Gasteiger partial charge in [-0.1, -0.05) is 32.0 Å². The van der Waals surface area contributed by atoms with E-state index in [4.69, 9.17) is 23.2 Å². The summed E-state index contributed by atoms with van der Waals surface area (Å²) in [4.78, 5) is 0. The van der Waals surface area contributed by atoms with Gasteiger partial charge in [-0.25, -0.2) is 0 Å². The number of hydrogen-bond donors (Lipinski definition) is 0. The lowest BCUT2D eigenvalue weighted by Gasteiger charge is -2.33. The number of para-hydroxylation sites is 1. The molecule has 0 amide bonds. The maximum Gasteiger partial charge on any atom is 0.0709 e. The van der Waals surface area contributed by atoms with Gasteiger partial charge in [0.2, 0.25) is 0 Å². The van der Waals surface area contributed by atoms with E-state index in [1.165, 1.54) is 5.39 Å². The topological polar surface area (TPSA) is 17.8 Å². The molecule has 1 aromatic carbocycles. The predicted molar refractivity (Wildman–Crippen MR) is 83.1 cm³/mol. The number of rotatable bonds is 5. The van der Waals surface area contributed by atoms with Crippen LogP contribution < -0.4 is 0 Å². The number of nitrogens with zero attached hydrogens (tertiary/aromatic N) is 2. The van der Waals surface area contributed by atoms with E-state index in [1.807, 2.05) is 23.9 Å². The molecule has 1 aromatic heterocycles. The Morgan fingerprint density at radius 2 is 1.84 bits per heavy atom. The van der Waals surface area contributed by atoms with Crippen LogP contribution in [0.2, 0.25) is 0 Å². The summed E-state index contributed by atoms with van der Waals surface area (Å²) in [6.07, 6.45) is 0.818. The minimum atomic E-state index is -0.0970. The molecule has 0 aliphatic carbocycles. The average Bonchev–Trinajstić information content (AvgIpc) is 2.73. The molecule has 0 aliphatic rings. The van der Waals surface area contributed by atoms with Crippen LogP contribution in [0.15, 0.2) is 24.3 Å². The lowest BCUT2D eigenvalue weighted by atomic mass is 9.76. The molecule has 0 spiro atoms. The standard InChI is InChI=1S/C15H20Cl2N2/c1-11(2)15(9-16,10-17)8-13-12-6-4-5-7-14(12)19(3)18-13/h4-7,11H,8-10H2,1-3H3. The van der Waals surface area contributed by atoms with Gasteiger partial charge >= 0.3 is 0 Å². The highest BCUT2D eigenvalue weighted by atomic mass is 35.5. The Balaban J connectivity index is 2.45. The molecule has 0 atom stereocenters. The fourth-order valence-corrected chi connectivity index (χ4v) is 3.49. The van der Waals surface area contributed by atoms with Crippen LogP contribution in [0.1, 0.15) is 19.5 Å². The number of halogens is 2. The maximum absolute atomic E-state index is 6.21. The molecule has 104 valence electrons. The molecule has 0 saturated heterocycles. The second-order valence-electron chi connectivity index (χ2n) is 5.55. The van der Waals surface area contributed by atoms with Crippen molar-refractivity contribution in [1.29, 1.82) is 0 Å². The summed E-state index contributed by atoms with van der Waals surface area (Å²) in [6, 6.07) is 8.29. The largest absolute Gasteiger partial charge is 0.268 e. The molecule has 0 saturated carbocycles. The van der Waals surface area contributed by atoms with Crippen LogP contribution in [0.25, 0.3) is 10.9 Å². The summed E-state index contributed by atoms with van der Waals surface area (Å²) in [6.45, 7) is 4.35. The molecule has 1 heterocycles. The number of fused-ring (bicyclic) bond motifs is 1. The van der Waals surface area contributed by atoms with Gasteiger partial charge in [0.1, 0.15) is 0 Å². The van der Waals surface area contributed by atoms with Crippen LogP contribution in [0.3, 0.4) is 0 Å². The molecule has 0 radical (unpaired) electrons. The normalized spacial score (nSPS) is 12.5. The minimum Gasteiger partial charge on any atom is -0.268 e. The van der Waals surface area contributed by atoms with Crippen LogP contribution in [0.5, 0.6) is 0 Å². The first kappa shape index (κ1) is 14.7. The molecule has 0 bridgehead atoms. The first-order chi connectivity index (χ1) is 9.04. The highest BCUT2D eigenvalue weighted by Crippen LogP contribution is 2.36. The Labute approximate surface area is 124 Å². The van der Waals surface area contributed by atoms with Crippen molar-refractivity contribution in [3.8, 4) is 0 Å². The molecule has 0 unspecified atom stereocenters. The summed E-state index contributed by atoms with van der Waals surface area (Å²) in [5, 5.41) is 5.85. The molecule has 2 aromatic rings. The SMILES string of the molecule is CC(C)C(CCl)(CCl)Cc1nn(C)c2ccccc12. The number of benzene rings is 1. The monoisotopic (exact) mass is 298 g/mol. The van der Waals surface area contributed by atoms with Crippen molar-refractivity contribution in [2.45, 2.75) is 20.3 Å². The second kappa shape index (κ2) is 5.72. The summed E-state index contributed by atoms with van der Waals surface area (Å²) in [5.74, 6) is 1.53. The van der Waals surface area contributed by atoms with Gasteiger partial charge in [-0.05, 0) is 12.0 Å². The summed E-state index contributed by atoms with van der Waals surface area (Å²) < 4.78 is 1.93. The van der Waals surface area contributed by atoms with Crippen molar-refractivity contribution in [3.63, 3.8) is 0 Å². The van der Waals surface area contributed by atoms with Gasteiger partial charge in [0.25, 0.3) is 0 Å². The maximum atomic E-state index is 6.21. The molecule has 2 nitrogen and oxygen atoms in total. The lowest BCUT2D eigenvalue weighted by molar-refractivity contribution is 0.256. The van der Waals surface area contributed by atoms with Crippen LogP contribution in [-0.4, -0.2) is 21.5 Å². The smallest absolute Gasteiger partial charge is 0.0709 e. The Morgan fingerprint density at radius 1 is 1.21 bits per heavy atom. The first-order valence-corrected chi connectivity index (χ1v) is 7.63. The van der Waals surface area contributed by atoms with Crippen molar-refractivity contribution >= 4 is 34.1 Å². The lowest BCUT2D eigenvalue weighted by Crippen LogP contribution is -2.34. The van der Waals surface area contributed by atoms with Crippen LogP contribution in [0.4, 0.5) is 0 Å². The van der Waals surface area contributed by atoms with Gasteiger partial charge in [0.15, 0.2) is 0 Å². The van der Waals surface area contributed by atoms with E-state index in [0.29, 0.717) is 17.7 Å². The van der Waals surface area contributed by atoms with E-state index in [-0.39, 0.29) is 5.41 Å². The van der Waals surface area contributed by atoms with Gasteiger partial charge in [-0.3, -0.25) is 4.68 Å². The van der Waals surface area contributed by atoms with Crippen LogP contribution >= 0.6 is 23.2 Å². The Morgan fingerprint density at radius 3 is 2.42 bits per heavy atom. The van der Waals surface area contributed by atoms with Gasteiger partial charge in [0, 0.05) is 36.0 Å². The Bertz CT molecular complexity index is 556. The van der Waals surface area contributed by atoms with Gasteiger partial charge < -0.3 is 0 Å². The number of aromatic nitrogens is 2. The second-order valence-corrected chi connectivity index (χ2v) is 6.08. The number of aryl methyl sites for hydroxylation is 1. The fraction of sp³-hybridized carbons (Fsp3) is 0.533. The zero-order valence-electron chi connectivity index (χ0n) is 11.7. The van der Waals surface area contributed by atoms with Gasteiger partial charge in [-0.15, -0.1) is 23.2 Å². The molecule has 4 heteroatoms. The Kier molecular flexibility index (Phi) is 4.42. The predicted octanol–water partition coefficient (Wildman–Crippen LogP) is 4.24. The molecule has 0 aliphatic heterocycles. The summed E-state index contributed by atoms with van der Waals surface area (Å²) in [5.41, 5.74) is 2.15. The highest BCUT2D eigenvalue weighted by Gasteiger charge is 2.34. The fourth-order valence-electron chi connectivity index (χ4n) is 2.40. The van der Waals surface area contributed by atoms with Crippen LogP contribution in [0, 0.1) is 11.3 Å². The first-order valence-electron chi connectivity index (χ1n) is 6.56. The van der Waals surface area contributed by atoms with E-state index in [0.717, 1.165) is 17.6 Å². The summed E-state index contributed by atoms with van der Waals surface area (Å²) in [7, 11) is 1.98. The third-order valence-corrected chi connectivity index (χ3v) is 5.18. The summed E-state index contributed by atoms with van der Waals surface area (Å²) >= 11 is 12.4. The van der Waals surface area contributed by atoms with Crippen molar-refractivity contribution in [2.75, 3.05) is 11.8 Å². The van der Waals surface area contributed by atoms with E-state index in [9.17, 15) is 0 Å². The van der Waals surface area contributed by atoms with Gasteiger partial charge in [0.05, 0.1) is 11.2 Å². The quantitative estimate of drug-likeness (QED) is 0.755. The van der Waals surface area contributed by atoms with Crippen molar-refractivity contribution in [3.05, 3.63) is 30.0 Å². The number of hydrogen-bond acceptors (Lipinski definition) is 1. The van der Waals surface area contributed by atoms with E-state index < -0.39 is 0 Å². The molecule has 2 rings (SSSR count). The zero-order chi connectivity index (χ0) is 14.0. The van der Waals surface area contributed by atoms with Crippen molar-refractivity contribution in [1.82, 2.24) is 9.78 Å². The number of alkyl halides is 2. The Hall–Kier alpha value is -0.730. The van der Waals surface area contributed by atoms with Crippen molar-refractivity contribution < 1.29 is 0 Å². The van der Waals surface area contributed by atoms with E-state index >= 15 is 0 Å². The molecular weight excluding hydrogens is 279 g/mol. The molecular formula is C15H20Cl2N2. The molecule has 0 N–H and O–H groups in total. The third kappa shape index (κ3) is 2.61.